The lowest BCUT2D eigenvalue weighted by Crippen LogP contribution is -2.20. The molecule has 1 aliphatic heterocycles. The fourth-order valence-electron chi connectivity index (χ4n) is 3.13. The number of aliphatic imine (C=N–C) groups is 2. The summed E-state index contributed by atoms with van der Waals surface area (Å²) in [6.45, 7) is 0. The molecule has 130 valence electrons. The maximum atomic E-state index is 14.9. The number of Topliss-reactive ketones (excluding diaryl/α,β-unsaturated/α-hetero) is 1. The van der Waals surface area contributed by atoms with E-state index in [1.165, 1.54) is 13.2 Å². The highest BCUT2D eigenvalue weighted by atomic mass is 19.1. The van der Waals surface area contributed by atoms with Gasteiger partial charge in [-0.25, -0.2) is 14.4 Å². The first-order chi connectivity index (χ1) is 12.5. The number of fused-ring (bicyclic) bond motifs is 3. The van der Waals surface area contributed by atoms with E-state index in [2.05, 4.69) is 9.98 Å². The Labute approximate surface area is 150 Å². The minimum atomic E-state index is -0.585. The molecule has 1 aliphatic carbocycles. The van der Waals surface area contributed by atoms with Crippen molar-refractivity contribution < 1.29 is 13.9 Å². The summed E-state index contributed by atoms with van der Waals surface area (Å²) in [5.41, 5.74) is 2.54. The molecule has 0 radical (unpaired) electrons. The summed E-state index contributed by atoms with van der Waals surface area (Å²) in [5, 5.41) is 0. The van der Waals surface area contributed by atoms with Gasteiger partial charge in [0.1, 0.15) is 11.4 Å². The summed E-state index contributed by atoms with van der Waals surface area (Å²) < 4.78 is 20.0. The van der Waals surface area contributed by atoms with Crippen molar-refractivity contribution in [2.45, 2.75) is 0 Å². The molecule has 2 aromatic carbocycles. The van der Waals surface area contributed by atoms with Crippen molar-refractivity contribution in [3.63, 3.8) is 0 Å². The molecule has 0 saturated carbocycles. The van der Waals surface area contributed by atoms with Crippen molar-refractivity contribution >= 4 is 23.0 Å². The number of ether oxygens (including phenoxy) is 1. The van der Waals surface area contributed by atoms with E-state index in [0.29, 0.717) is 28.5 Å². The van der Waals surface area contributed by atoms with Gasteiger partial charge in [0, 0.05) is 30.8 Å². The van der Waals surface area contributed by atoms with Gasteiger partial charge in [0.25, 0.3) is 0 Å². The van der Waals surface area contributed by atoms with Gasteiger partial charge < -0.3 is 9.64 Å². The standard InChI is InChI=1S/C20H16FN3O2/c1-24(2)20-22-17-11-7-4-5-8-12(11)19(25)15(18(17)23-20)13-9-6-10-14(26-3)16(13)21/h4-10H,1-3H3. The SMILES string of the molecule is COc1cccc(C2=C3N=C(N(C)C)N=C3c3ccccc3C2=O)c1F. The molecule has 0 N–H and O–H groups in total. The predicted molar refractivity (Wildman–Crippen MR) is 98.3 cm³/mol. The number of carbonyl (C=O) groups excluding carboxylic acids is 1. The van der Waals surface area contributed by atoms with Crippen molar-refractivity contribution in [3.05, 3.63) is 70.7 Å². The lowest BCUT2D eigenvalue weighted by molar-refractivity contribution is 0.105. The highest BCUT2D eigenvalue weighted by Crippen LogP contribution is 2.38. The molecule has 26 heavy (non-hydrogen) atoms. The third-order valence-electron chi connectivity index (χ3n) is 4.39. The first-order valence-electron chi connectivity index (χ1n) is 8.09. The third-order valence-corrected chi connectivity index (χ3v) is 4.39. The van der Waals surface area contributed by atoms with Crippen LogP contribution in [-0.4, -0.2) is 43.6 Å². The van der Waals surface area contributed by atoms with E-state index in [-0.39, 0.29) is 22.7 Å². The molecule has 5 nitrogen and oxygen atoms in total. The van der Waals surface area contributed by atoms with E-state index in [1.54, 1.807) is 29.2 Å². The van der Waals surface area contributed by atoms with Crippen LogP contribution in [0.2, 0.25) is 0 Å². The molecule has 0 spiro atoms. The average molecular weight is 349 g/mol. The number of methoxy groups -OCH3 is 1. The van der Waals surface area contributed by atoms with Gasteiger partial charge in [-0.2, -0.15) is 0 Å². The van der Waals surface area contributed by atoms with E-state index in [9.17, 15) is 9.18 Å². The number of allylic oxidation sites excluding steroid dienone is 2. The number of hydrogen-bond donors (Lipinski definition) is 0. The van der Waals surface area contributed by atoms with Crippen LogP contribution >= 0.6 is 0 Å². The van der Waals surface area contributed by atoms with Crippen LogP contribution in [0, 0.1) is 5.82 Å². The Morgan fingerprint density at radius 1 is 0.962 bits per heavy atom. The molecule has 1 heterocycles. The van der Waals surface area contributed by atoms with Crippen LogP contribution in [-0.2, 0) is 0 Å². The molecular formula is C20H16FN3O2. The number of carbonyl (C=O) groups is 1. The maximum Gasteiger partial charge on any atom is 0.226 e. The smallest absolute Gasteiger partial charge is 0.226 e. The molecule has 0 bridgehead atoms. The Kier molecular flexibility index (Phi) is 3.68. The van der Waals surface area contributed by atoms with E-state index in [0.717, 1.165) is 0 Å². The molecule has 0 unspecified atom stereocenters. The zero-order valence-electron chi connectivity index (χ0n) is 14.6. The summed E-state index contributed by atoms with van der Waals surface area (Å²) in [7, 11) is 5.03. The molecule has 0 atom stereocenters. The van der Waals surface area contributed by atoms with Crippen LogP contribution in [0.3, 0.4) is 0 Å². The van der Waals surface area contributed by atoms with Crippen molar-refractivity contribution in [1.29, 1.82) is 0 Å². The third kappa shape index (κ3) is 2.26. The number of guanidine groups is 1. The number of ketones is 1. The number of halogens is 1. The van der Waals surface area contributed by atoms with Crippen LogP contribution in [0.15, 0.2) is 58.1 Å². The Hall–Kier alpha value is -3.28. The summed E-state index contributed by atoms with van der Waals surface area (Å²) in [6, 6.07) is 11.9. The molecule has 2 aromatic rings. The predicted octanol–water partition coefficient (Wildman–Crippen LogP) is 3.16. The highest BCUT2D eigenvalue weighted by molar-refractivity contribution is 6.43. The van der Waals surface area contributed by atoms with Crippen LogP contribution in [0.4, 0.5) is 4.39 Å². The van der Waals surface area contributed by atoms with Crippen LogP contribution in [0.1, 0.15) is 21.5 Å². The van der Waals surface area contributed by atoms with Crippen molar-refractivity contribution in [3.8, 4) is 5.75 Å². The van der Waals surface area contributed by atoms with Crippen LogP contribution < -0.4 is 4.74 Å². The first kappa shape index (κ1) is 16.2. The fourth-order valence-corrected chi connectivity index (χ4v) is 3.13. The minimum Gasteiger partial charge on any atom is -0.494 e. The van der Waals surface area contributed by atoms with Crippen molar-refractivity contribution in [2.75, 3.05) is 21.2 Å². The van der Waals surface area contributed by atoms with Gasteiger partial charge >= 0.3 is 0 Å². The molecule has 2 aliphatic rings. The zero-order chi connectivity index (χ0) is 18.4. The van der Waals surface area contributed by atoms with E-state index >= 15 is 0 Å². The lowest BCUT2D eigenvalue weighted by Gasteiger charge is -2.20. The van der Waals surface area contributed by atoms with Gasteiger partial charge in [-0.05, 0) is 6.07 Å². The van der Waals surface area contributed by atoms with Crippen LogP contribution in [0.25, 0.3) is 5.57 Å². The second kappa shape index (κ2) is 5.91. The van der Waals surface area contributed by atoms with E-state index in [4.69, 9.17) is 4.74 Å². The number of nitrogens with zero attached hydrogens (tertiary/aromatic N) is 3. The van der Waals surface area contributed by atoms with Crippen LogP contribution in [0.5, 0.6) is 5.75 Å². The Balaban J connectivity index is 2.04. The zero-order valence-corrected chi connectivity index (χ0v) is 14.6. The molecule has 0 saturated heterocycles. The topological polar surface area (TPSA) is 54.3 Å². The summed E-state index contributed by atoms with van der Waals surface area (Å²) in [6.07, 6.45) is 0. The summed E-state index contributed by atoms with van der Waals surface area (Å²) in [4.78, 5) is 24.0. The van der Waals surface area contributed by atoms with E-state index in [1.807, 2.05) is 26.2 Å². The average Bonchev–Trinajstić information content (AvgIpc) is 3.09. The van der Waals surface area contributed by atoms with Gasteiger partial charge in [0.15, 0.2) is 17.3 Å². The second-order valence-electron chi connectivity index (χ2n) is 6.19. The minimum absolute atomic E-state index is 0.0792. The number of rotatable bonds is 2. The van der Waals surface area contributed by atoms with Gasteiger partial charge in [-0.3, -0.25) is 4.79 Å². The lowest BCUT2D eigenvalue weighted by atomic mass is 9.83. The normalized spacial score (nSPS) is 15.3. The van der Waals surface area contributed by atoms with Gasteiger partial charge in [-0.1, -0.05) is 36.4 Å². The molecule has 0 fully saturated rings. The molecular weight excluding hydrogens is 333 g/mol. The van der Waals surface area contributed by atoms with Gasteiger partial charge in [-0.15, -0.1) is 0 Å². The Morgan fingerprint density at radius 3 is 2.35 bits per heavy atom. The van der Waals surface area contributed by atoms with Gasteiger partial charge in [0.05, 0.1) is 12.7 Å². The Morgan fingerprint density at radius 2 is 1.65 bits per heavy atom. The Bertz CT molecular complexity index is 1040. The number of benzene rings is 2. The highest BCUT2D eigenvalue weighted by Gasteiger charge is 2.36. The summed E-state index contributed by atoms with van der Waals surface area (Å²) >= 11 is 0. The monoisotopic (exact) mass is 349 g/mol. The summed E-state index contributed by atoms with van der Waals surface area (Å²) in [5.74, 6) is -0.306. The molecule has 6 heteroatoms. The largest absolute Gasteiger partial charge is 0.494 e. The van der Waals surface area contributed by atoms with Crippen molar-refractivity contribution in [1.82, 2.24) is 4.90 Å². The first-order valence-corrected chi connectivity index (χ1v) is 8.09. The van der Waals surface area contributed by atoms with Gasteiger partial charge in [0.2, 0.25) is 5.96 Å². The molecule has 4 rings (SSSR count). The molecule has 0 aromatic heterocycles. The quantitative estimate of drug-likeness (QED) is 0.837. The second-order valence-corrected chi connectivity index (χ2v) is 6.19. The van der Waals surface area contributed by atoms with Crippen molar-refractivity contribution in [2.24, 2.45) is 9.98 Å². The van der Waals surface area contributed by atoms with E-state index < -0.39 is 5.82 Å². The molecule has 0 amide bonds. The maximum absolute atomic E-state index is 14.9. The fraction of sp³-hybridized carbons (Fsp3) is 0.150. The number of hydrogen-bond acceptors (Lipinski definition) is 5.